The molecule has 1 aromatic carbocycles. The lowest BCUT2D eigenvalue weighted by Gasteiger charge is -2.14. The SMILES string of the molecule is Cc1ccccc1N(C#N)C(N)=S. The highest BCUT2D eigenvalue weighted by atomic mass is 32.1. The molecule has 0 heterocycles. The normalized spacial score (nSPS) is 8.92. The predicted octanol–water partition coefficient (Wildman–Crippen LogP) is 1.53. The number of para-hydroxylation sites is 1. The number of hydrogen-bond donors (Lipinski definition) is 1. The summed E-state index contributed by atoms with van der Waals surface area (Å²) in [6.07, 6.45) is 1.93. The second-order valence-corrected chi connectivity index (χ2v) is 2.98. The molecule has 0 radical (unpaired) electrons. The lowest BCUT2D eigenvalue weighted by molar-refractivity contribution is 1.29. The number of thiocarbonyl (C=S) groups is 1. The van der Waals surface area contributed by atoms with Crippen molar-refractivity contribution in [3.8, 4) is 6.19 Å². The van der Waals surface area contributed by atoms with Gasteiger partial charge in [-0.15, -0.1) is 0 Å². The van der Waals surface area contributed by atoms with E-state index in [1.165, 1.54) is 4.90 Å². The van der Waals surface area contributed by atoms with Crippen LogP contribution in [0.15, 0.2) is 24.3 Å². The molecule has 0 amide bonds. The van der Waals surface area contributed by atoms with Gasteiger partial charge >= 0.3 is 0 Å². The van der Waals surface area contributed by atoms with E-state index in [1.54, 1.807) is 6.07 Å². The average Bonchev–Trinajstić information content (AvgIpc) is 2.09. The van der Waals surface area contributed by atoms with E-state index in [4.69, 9.17) is 23.2 Å². The zero-order chi connectivity index (χ0) is 9.84. The molecule has 0 saturated heterocycles. The second kappa shape index (κ2) is 3.87. The maximum atomic E-state index is 8.78. The summed E-state index contributed by atoms with van der Waals surface area (Å²) in [5.41, 5.74) is 7.09. The molecule has 3 nitrogen and oxygen atoms in total. The Morgan fingerprint density at radius 1 is 1.54 bits per heavy atom. The smallest absolute Gasteiger partial charge is 0.191 e. The van der Waals surface area contributed by atoms with E-state index in [1.807, 2.05) is 31.3 Å². The van der Waals surface area contributed by atoms with Gasteiger partial charge in [0.25, 0.3) is 0 Å². The minimum absolute atomic E-state index is 0.0665. The summed E-state index contributed by atoms with van der Waals surface area (Å²) in [5, 5.41) is 8.85. The molecule has 0 aromatic heterocycles. The number of nitriles is 1. The van der Waals surface area contributed by atoms with Gasteiger partial charge in [0.15, 0.2) is 11.3 Å². The Morgan fingerprint density at radius 3 is 2.62 bits per heavy atom. The van der Waals surface area contributed by atoms with Crippen molar-refractivity contribution in [2.24, 2.45) is 5.73 Å². The summed E-state index contributed by atoms with van der Waals surface area (Å²) in [6.45, 7) is 1.90. The Kier molecular flexibility index (Phi) is 2.83. The minimum Gasteiger partial charge on any atom is -0.375 e. The topological polar surface area (TPSA) is 53.0 Å². The fourth-order valence-electron chi connectivity index (χ4n) is 1.04. The van der Waals surface area contributed by atoms with Crippen LogP contribution in [0.2, 0.25) is 0 Å². The Hall–Kier alpha value is -1.60. The maximum absolute atomic E-state index is 8.78. The van der Waals surface area contributed by atoms with Crippen LogP contribution in [-0.4, -0.2) is 5.11 Å². The number of rotatable bonds is 1. The van der Waals surface area contributed by atoms with Crippen LogP contribution in [0.25, 0.3) is 0 Å². The van der Waals surface area contributed by atoms with E-state index < -0.39 is 0 Å². The van der Waals surface area contributed by atoms with E-state index in [0.717, 1.165) is 11.3 Å². The monoisotopic (exact) mass is 191 g/mol. The van der Waals surface area contributed by atoms with E-state index >= 15 is 0 Å². The number of hydrogen-bond acceptors (Lipinski definition) is 2. The van der Waals surface area contributed by atoms with Crippen molar-refractivity contribution >= 4 is 23.0 Å². The third kappa shape index (κ3) is 1.95. The van der Waals surface area contributed by atoms with Crippen LogP contribution in [0.3, 0.4) is 0 Å². The number of benzene rings is 1. The van der Waals surface area contributed by atoms with Crippen LogP contribution in [0.5, 0.6) is 0 Å². The van der Waals surface area contributed by atoms with Crippen molar-refractivity contribution in [1.82, 2.24) is 0 Å². The Labute approximate surface area is 82.4 Å². The molecule has 1 rings (SSSR count). The first-order valence-corrected chi connectivity index (χ1v) is 4.12. The van der Waals surface area contributed by atoms with Crippen LogP contribution < -0.4 is 10.6 Å². The molecule has 0 aliphatic heterocycles. The number of nitrogens with zero attached hydrogens (tertiary/aromatic N) is 2. The van der Waals surface area contributed by atoms with Gasteiger partial charge in [0.05, 0.1) is 5.69 Å². The van der Waals surface area contributed by atoms with E-state index in [2.05, 4.69) is 0 Å². The standard InChI is InChI=1S/C9H9N3S/c1-7-4-2-3-5-8(7)12(6-10)9(11)13/h2-5H,1H3,(H2,11,13). The molecule has 2 N–H and O–H groups in total. The van der Waals surface area contributed by atoms with Gasteiger partial charge in [0.1, 0.15) is 0 Å². The highest BCUT2D eigenvalue weighted by molar-refractivity contribution is 7.80. The van der Waals surface area contributed by atoms with E-state index in [0.29, 0.717) is 0 Å². The van der Waals surface area contributed by atoms with Crippen LogP contribution in [0.1, 0.15) is 5.56 Å². The lowest BCUT2D eigenvalue weighted by Crippen LogP contribution is -2.31. The van der Waals surface area contributed by atoms with Gasteiger partial charge < -0.3 is 5.73 Å². The molecule has 0 saturated carbocycles. The summed E-state index contributed by atoms with van der Waals surface area (Å²) in [7, 11) is 0. The largest absolute Gasteiger partial charge is 0.375 e. The number of nitrogens with two attached hydrogens (primary N) is 1. The molecular weight excluding hydrogens is 182 g/mol. The van der Waals surface area contributed by atoms with Crippen molar-refractivity contribution in [3.63, 3.8) is 0 Å². The molecule has 0 aliphatic rings. The zero-order valence-corrected chi connectivity index (χ0v) is 8.01. The highest BCUT2D eigenvalue weighted by Gasteiger charge is 2.09. The molecule has 0 atom stereocenters. The number of aryl methyl sites for hydroxylation is 1. The molecule has 0 bridgehead atoms. The molecule has 0 unspecified atom stereocenters. The van der Waals surface area contributed by atoms with E-state index in [-0.39, 0.29) is 5.11 Å². The zero-order valence-electron chi connectivity index (χ0n) is 7.19. The fourth-order valence-corrected chi connectivity index (χ4v) is 1.18. The molecule has 4 heteroatoms. The van der Waals surface area contributed by atoms with Crippen molar-refractivity contribution in [3.05, 3.63) is 29.8 Å². The van der Waals surface area contributed by atoms with Crippen LogP contribution in [-0.2, 0) is 0 Å². The van der Waals surface area contributed by atoms with Gasteiger partial charge in [-0.1, -0.05) is 18.2 Å². The first-order valence-electron chi connectivity index (χ1n) is 3.71. The van der Waals surface area contributed by atoms with Gasteiger partial charge in [0, 0.05) is 0 Å². The lowest BCUT2D eigenvalue weighted by atomic mass is 10.2. The quantitative estimate of drug-likeness (QED) is 0.415. The molecule has 0 fully saturated rings. The third-order valence-electron chi connectivity index (χ3n) is 1.68. The van der Waals surface area contributed by atoms with Gasteiger partial charge in [-0.3, -0.25) is 0 Å². The second-order valence-electron chi connectivity index (χ2n) is 2.56. The summed E-state index contributed by atoms with van der Waals surface area (Å²) < 4.78 is 0. The fraction of sp³-hybridized carbons (Fsp3) is 0.111. The first-order chi connectivity index (χ1) is 6.16. The van der Waals surface area contributed by atoms with Crippen LogP contribution >= 0.6 is 12.2 Å². The molecule has 13 heavy (non-hydrogen) atoms. The van der Waals surface area contributed by atoms with E-state index in [9.17, 15) is 0 Å². The number of anilines is 1. The van der Waals surface area contributed by atoms with Crippen molar-refractivity contribution in [1.29, 1.82) is 5.26 Å². The predicted molar refractivity (Wildman–Crippen MR) is 56.1 cm³/mol. The minimum atomic E-state index is 0.0665. The first kappa shape index (κ1) is 9.49. The van der Waals surface area contributed by atoms with Gasteiger partial charge in [-0.25, -0.2) is 4.90 Å². The average molecular weight is 191 g/mol. The van der Waals surface area contributed by atoms with Crippen molar-refractivity contribution < 1.29 is 0 Å². The summed E-state index contributed by atoms with van der Waals surface area (Å²) in [6, 6.07) is 7.44. The Morgan fingerprint density at radius 2 is 2.15 bits per heavy atom. The molecule has 1 aromatic rings. The van der Waals surface area contributed by atoms with Crippen molar-refractivity contribution in [2.45, 2.75) is 6.92 Å². The Balaban J connectivity index is 3.14. The molecular formula is C9H9N3S. The highest BCUT2D eigenvalue weighted by Crippen LogP contribution is 2.17. The molecule has 0 aliphatic carbocycles. The Bertz CT molecular complexity index is 367. The van der Waals surface area contributed by atoms with Gasteiger partial charge in [0.2, 0.25) is 0 Å². The van der Waals surface area contributed by atoms with Crippen LogP contribution in [0.4, 0.5) is 5.69 Å². The summed E-state index contributed by atoms with van der Waals surface area (Å²) >= 11 is 4.74. The summed E-state index contributed by atoms with van der Waals surface area (Å²) in [4.78, 5) is 1.23. The molecule has 0 spiro atoms. The van der Waals surface area contributed by atoms with Gasteiger partial charge in [-0.05, 0) is 30.8 Å². The van der Waals surface area contributed by atoms with Crippen LogP contribution in [0, 0.1) is 18.4 Å². The van der Waals surface area contributed by atoms with Gasteiger partial charge in [-0.2, -0.15) is 5.26 Å². The maximum Gasteiger partial charge on any atom is 0.191 e. The third-order valence-corrected chi connectivity index (χ3v) is 1.86. The summed E-state index contributed by atoms with van der Waals surface area (Å²) in [5.74, 6) is 0. The van der Waals surface area contributed by atoms with Crippen molar-refractivity contribution in [2.75, 3.05) is 4.90 Å². The molecule has 66 valence electrons.